The van der Waals surface area contributed by atoms with Gasteiger partial charge in [-0.2, -0.15) is 0 Å². The van der Waals surface area contributed by atoms with Crippen LogP contribution >= 0.6 is 11.3 Å². The van der Waals surface area contributed by atoms with Gasteiger partial charge in [0.1, 0.15) is 17.5 Å². The van der Waals surface area contributed by atoms with E-state index in [1.165, 1.54) is 11.3 Å². The number of methoxy groups -OCH3 is 2. The highest BCUT2D eigenvalue weighted by molar-refractivity contribution is 7.14. The number of carbonyl (C=O) groups excluding carboxylic acids is 1. The molecule has 2 aromatic carbocycles. The molecule has 0 aliphatic carbocycles. The fourth-order valence-electron chi connectivity index (χ4n) is 4.17. The molecule has 0 saturated carbocycles. The monoisotopic (exact) mass is 480 g/mol. The Hall–Kier alpha value is -3.10. The molecule has 1 aliphatic heterocycles. The first-order chi connectivity index (χ1) is 16.5. The van der Waals surface area contributed by atoms with Crippen LogP contribution in [-0.4, -0.2) is 73.7 Å². The van der Waals surface area contributed by atoms with Crippen molar-refractivity contribution in [3.05, 3.63) is 53.9 Å². The molecule has 180 valence electrons. The highest BCUT2D eigenvalue weighted by atomic mass is 32.1. The van der Waals surface area contributed by atoms with Gasteiger partial charge in [0.25, 0.3) is 0 Å². The van der Waals surface area contributed by atoms with Crippen LogP contribution in [0.3, 0.4) is 0 Å². The van der Waals surface area contributed by atoms with Crippen molar-refractivity contribution >= 4 is 28.1 Å². The van der Waals surface area contributed by atoms with Crippen molar-refractivity contribution in [3.8, 4) is 22.8 Å². The predicted molar refractivity (Wildman–Crippen MR) is 137 cm³/mol. The number of thiazole rings is 1. The highest BCUT2D eigenvalue weighted by Gasteiger charge is 2.31. The summed E-state index contributed by atoms with van der Waals surface area (Å²) < 4.78 is 10.6. The smallest absolute Gasteiger partial charge is 0.245 e. The molecule has 1 saturated heterocycles. The van der Waals surface area contributed by atoms with Crippen molar-refractivity contribution < 1.29 is 14.3 Å². The molecule has 7 nitrogen and oxygen atoms in total. The average Bonchev–Trinajstić information content (AvgIpc) is 3.38. The van der Waals surface area contributed by atoms with Gasteiger partial charge < -0.3 is 24.2 Å². The second-order valence-electron chi connectivity index (χ2n) is 8.25. The van der Waals surface area contributed by atoms with E-state index in [1.807, 2.05) is 70.6 Å². The lowest BCUT2D eigenvalue weighted by Gasteiger charge is -2.37. The van der Waals surface area contributed by atoms with E-state index in [1.54, 1.807) is 14.2 Å². The standard InChI is InChI=1S/C26H32N4O3S/c1-5-28-14-16-29(17-15-28)25(31)19(2)30(21-8-12-23(33-4)13-9-21)26-27-24(18-34-26)20-6-10-22(32-3)11-7-20/h6-13,18-19H,5,14-17H2,1-4H3. The molecule has 4 rings (SSSR count). The molecule has 2 heterocycles. The van der Waals surface area contributed by atoms with Crippen molar-refractivity contribution in [2.45, 2.75) is 19.9 Å². The zero-order valence-electron chi connectivity index (χ0n) is 20.2. The molecule has 1 unspecified atom stereocenters. The van der Waals surface area contributed by atoms with Crippen molar-refractivity contribution in [1.29, 1.82) is 0 Å². The molecule has 3 aromatic rings. The highest BCUT2D eigenvalue weighted by Crippen LogP contribution is 2.35. The molecule has 0 bridgehead atoms. The topological polar surface area (TPSA) is 58.1 Å². The molecular weight excluding hydrogens is 448 g/mol. The zero-order chi connectivity index (χ0) is 24.1. The first-order valence-corrected chi connectivity index (χ1v) is 12.5. The van der Waals surface area contributed by atoms with Crippen LogP contribution in [0, 0.1) is 0 Å². The summed E-state index contributed by atoms with van der Waals surface area (Å²) in [4.78, 5) is 24.9. The molecule has 0 N–H and O–H groups in total. The van der Waals surface area contributed by atoms with Crippen molar-refractivity contribution in [2.75, 3.05) is 51.8 Å². The number of aromatic nitrogens is 1. The maximum atomic E-state index is 13.6. The maximum Gasteiger partial charge on any atom is 0.245 e. The normalized spacial score (nSPS) is 15.1. The van der Waals surface area contributed by atoms with E-state index in [0.717, 1.165) is 66.3 Å². The van der Waals surface area contributed by atoms with Crippen LogP contribution in [0.15, 0.2) is 53.9 Å². The largest absolute Gasteiger partial charge is 0.497 e. The lowest BCUT2D eigenvalue weighted by atomic mass is 10.1. The number of hydrogen-bond acceptors (Lipinski definition) is 7. The molecule has 34 heavy (non-hydrogen) atoms. The predicted octanol–water partition coefficient (Wildman–Crippen LogP) is 4.52. The number of hydrogen-bond donors (Lipinski definition) is 0. The average molecular weight is 481 g/mol. The van der Waals surface area contributed by atoms with Crippen LogP contribution in [-0.2, 0) is 4.79 Å². The molecule has 8 heteroatoms. The minimum atomic E-state index is -0.392. The summed E-state index contributed by atoms with van der Waals surface area (Å²) in [6.07, 6.45) is 0. The minimum absolute atomic E-state index is 0.118. The van der Waals surface area contributed by atoms with Crippen LogP contribution in [0.25, 0.3) is 11.3 Å². The molecule has 1 aromatic heterocycles. The minimum Gasteiger partial charge on any atom is -0.497 e. The number of anilines is 2. The van der Waals surface area contributed by atoms with Gasteiger partial charge in [-0.1, -0.05) is 6.92 Å². The number of nitrogens with zero attached hydrogens (tertiary/aromatic N) is 4. The van der Waals surface area contributed by atoms with Gasteiger partial charge in [-0.15, -0.1) is 11.3 Å². The number of ether oxygens (including phenoxy) is 2. The summed E-state index contributed by atoms with van der Waals surface area (Å²) in [5.41, 5.74) is 2.79. The van der Waals surface area contributed by atoms with Gasteiger partial charge in [0, 0.05) is 42.8 Å². The lowest BCUT2D eigenvalue weighted by Crippen LogP contribution is -2.53. The van der Waals surface area contributed by atoms with E-state index in [9.17, 15) is 4.79 Å². The Labute approximate surface area is 205 Å². The Morgan fingerprint density at radius 1 is 1.00 bits per heavy atom. The van der Waals surface area contributed by atoms with E-state index in [-0.39, 0.29) is 5.91 Å². The summed E-state index contributed by atoms with van der Waals surface area (Å²) in [5.74, 6) is 1.70. The van der Waals surface area contributed by atoms with Gasteiger partial charge in [0.15, 0.2) is 5.13 Å². The van der Waals surface area contributed by atoms with Crippen molar-refractivity contribution in [2.24, 2.45) is 0 Å². The van der Waals surface area contributed by atoms with E-state index in [2.05, 4.69) is 11.8 Å². The first-order valence-electron chi connectivity index (χ1n) is 11.6. The Balaban J connectivity index is 1.63. The SMILES string of the molecule is CCN1CCN(C(=O)C(C)N(c2ccc(OC)cc2)c2nc(-c3ccc(OC)cc3)cs2)CC1. The van der Waals surface area contributed by atoms with Gasteiger partial charge >= 0.3 is 0 Å². The molecule has 1 amide bonds. The van der Waals surface area contributed by atoms with Crippen LogP contribution < -0.4 is 14.4 Å². The fraction of sp³-hybridized carbons (Fsp3) is 0.385. The third-order valence-corrected chi connectivity index (χ3v) is 7.15. The Kier molecular flexibility index (Phi) is 7.70. The summed E-state index contributed by atoms with van der Waals surface area (Å²) in [6.45, 7) is 8.47. The second-order valence-corrected chi connectivity index (χ2v) is 9.08. The molecule has 1 atom stereocenters. The molecule has 1 aliphatic rings. The number of piperazine rings is 1. The van der Waals surface area contributed by atoms with Crippen LogP contribution in [0.4, 0.5) is 10.8 Å². The maximum absolute atomic E-state index is 13.6. The lowest BCUT2D eigenvalue weighted by molar-refractivity contribution is -0.133. The Morgan fingerprint density at radius 3 is 2.15 bits per heavy atom. The number of likely N-dealkylation sites (N-methyl/N-ethyl adjacent to an activating group) is 1. The van der Waals surface area contributed by atoms with Crippen LogP contribution in [0.1, 0.15) is 13.8 Å². The van der Waals surface area contributed by atoms with Gasteiger partial charge in [0.05, 0.1) is 19.9 Å². The Morgan fingerprint density at radius 2 is 1.59 bits per heavy atom. The molecular formula is C26H32N4O3S. The number of amides is 1. The van der Waals surface area contributed by atoms with Crippen molar-refractivity contribution in [1.82, 2.24) is 14.8 Å². The quantitative estimate of drug-likeness (QED) is 0.473. The van der Waals surface area contributed by atoms with E-state index in [4.69, 9.17) is 14.5 Å². The number of rotatable bonds is 8. The number of carbonyl (C=O) groups is 1. The summed E-state index contributed by atoms with van der Waals surface area (Å²) in [5, 5.41) is 2.81. The third-order valence-electron chi connectivity index (χ3n) is 6.31. The van der Waals surface area contributed by atoms with Crippen LogP contribution in [0.2, 0.25) is 0 Å². The van der Waals surface area contributed by atoms with Gasteiger partial charge in [0.2, 0.25) is 5.91 Å². The Bertz CT molecular complexity index is 1080. The van der Waals surface area contributed by atoms with Gasteiger partial charge in [-0.25, -0.2) is 4.98 Å². The first kappa shape index (κ1) is 24.0. The molecule has 0 radical (unpaired) electrons. The van der Waals surface area contributed by atoms with Crippen molar-refractivity contribution in [3.63, 3.8) is 0 Å². The summed E-state index contributed by atoms with van der Waals surface area (Å²) in [6, 6.07) is 15.2. The third kappa shape index (κ3) is 5.18. The fourth-order valence-corrected chi connectivity index (χ4v) is 5.10. The van der Waals surface area contributed by atoms with E-state index < -0.39 is 6.04 Å². The second kappa shape index (κ2) is 10.9. The zero-order valence-corrected chi connectivity index (χ0v) is 21.0. The van der Waals surface area contributed by atoms with E-state index in [0.29, 0.717) is 0 Å². The summed E-state index contributed by atoms with van der Waals surface area (Å²) >= 11 is 1.54. The van der Waals surface area contributed by atoms with Crippen LogP contribution in [0.5, 0.6) is 11.5 Å². The van der Waals surface area contributed by atoms with Gasteiger partial charge in [-0.3, -0.25) is 4.79 Å². The molecule has 1 fully saturated rings. The molecule has 0 spiro atoms. The number of benzene rings is 2. The van der Waals surface area contributed by atoms with Gasteiger partial charge in [-0.05, 0) is 62.0 Å². The van der Waals surface area contributed by atoms with E-state index >= 15 is 0 Å². The summed E-state index contributed by atoms with van der Waals surface area (Å²) in [7, 11) is 3.31.